The number of alkyl halides is 9. The molecule has 0 fully saturated rings. The van der Waals surface area contributed by atoms with Crippen LogP contribution in [0.1, 0.15) is 61.8 Å². The molecule has 1 nitrogen and oxygen atoms in total. The maximum atomic E-state index is 13.7. The Labute approximate surface area is 316 Å². The second-order valence-corrected chi connectivity index (χ2v) is 13.3. The minimum Gasteiger partial charge on any atom is -0.199 e. The summed E-state index contributed by atoms with van der Waals surface area (Å²) in [7, 11) is 0. The molecule has 290 valence electrons. The van der Waals surface area contributed by atoms with Gasteiger partial charge in [0.2, 0.25) is 5.69 Å². The Balaban J connectivity index is 0.000000311. The Morgan fingerprint density at radius 1 is 0.509 bits per heavy atom. The predicted octanol–water partition coefficient (Wildman–Crippen LogP) is 11.9. The average Bonchev–Trinajstić information content (AvgIpc) is 3.17. The summed E-state index contributed by atoms with van der Waals surface area (Å²) in [6.45, 7) is 5.05. The van der Waals surface area contributed by atoms with Gasteiger partial charge in [0.1, 0.15) is 6.54 Å². The first kappa shape index (κ1) is 42.7. The molecule has 11 heteroatoms. The van der Waals surface area contributed by atoms with Crippen molar-refractivity contribution >= 4 is 40.5 Å². The lowest BCUT2D eigenvalue weighted by atomic mass is 9.14. The van der Waals surface area contributed by atoms with E-state index in [4.69, 9.17) is 0 Å². The highest BCUT2D eigenvalue weighted by molar-refractivity contribution is 7.11. The van der Waals surface area contributed by atoms with E-state index in [-0.39, 0.29) is 22.7 Å². The Bertz CT molecular complexity index is 1860. The molecule has 5 aromatic carbocycles. The van der Waals surface area contributed by atoms with E-state index < -0.39 is 41.4 Å². The molecule has 5 rings (SSSR count). The van der Waals surface area contributed by atoms with Gasteiger partial charge in [0.15, 0.2) is 6.21 Å². The Morgan fingerprint density at radius 3 is 1.35 bits per heavy atom. The third-order valence-corrected chi connectivity index (χ3v) is 9.62. The van der Waals surface area contributed by atoms with Crippen molar-refractivity contribution in [3.05, 3.63) is 162 Å². The van der Waals surface area contributed by atoms with Crippen LogP contribution in [0.15, 0.2) is 140 Å². The van der Waals surface area contributed by atoms with Crippen LogP contribution in [0.2, 0.25) is 6.32 Å². The molecule has 0 N–H and O–H groups in total. The molecule has 0 amide bonds. The smallest absolute Gasteiger partial charge is 0.199 e. The summed E-state index contributed by atoms with van der Waals surface area (Å²) < 4.78 is 125. The maximum absolute atomic E-state index is 13.7. The molecule has 0 heterocycles. The van der Waals surface area contributed by atoms with E-state index in [1.807, 2.05) is 19.1 Å². The number of nitrogens with zero attached hydrogens (tertiary/aromatic N) is 1. The van der Waals surface area contributed by atoms with Crippen LogP contribution < -0.4 is 16.4 Å². The minimum absolute atomic E-state index is 0.0324. The van der Waals surface area contributed by atoms with Crippen molar-refractivity contribution in [2.24, 2.45) is 0 Å². The molecule has 5 aromatic rings. The fraction of sp³-hybridized carbons (Fsp3) is 0.250. The van der Waals surface area contributed by atoms with Crippen molar-refractivity contribution in [3.63, 3.8) is 0 Å². The molecule has 0 radical (unpaired) electrons. The summed E-state index contributed by atoms with van der Waals surface area (Å²) >= 11 is 0. The van der Waals surface area contributed by atoms with Crippen molar-refractivity contribution in [2.45, 2.75) is 64.4 Å². The molecule has 0 aliphatic rings. The number of hydrogen-bond donors (Lipinski definition) is 0. The highest BCUT2D eigenvalue weighted by atomic mass is 19.4. The van der Waals surface area contributed by atoms with E-state index in [0.29, 0.717) is 12.8 Å². The maximum Gasteiger partial charge on any atom is 0.416 e. The zero-order chi connectivity index (χ0) is 40.1. The molecular formula is C44H43BF9N. The highest BCUT2D eigenvalue weighted by Gasteiger charge is 2.38. The number of rotatable bonds is 12. The molecule has 0 saturated heterocycles. The summed E-state index contributed by atoms with van der Waals surface area (Å²) in [4.78, 5) is 0. The lowest BCUT2D eigenvalue weighted by Gasteiger charge is -2.44. The molecule has 0 unspecified atom stereocenters. The summed E-state index contributed by atoms with van der Waals surface area (Å²) in [6, 6.07) is 33.3. The number of allylic oxidation sites excluding steroid dienone is 1. The molecule has 0 bridgehead atoms. The number of para-hydroxylation sites is 1. The monoisotopic (exact) mass is 767 g/mol. The standard InChI is InChI=1S/C27H25BF9.C17H18N/c1-2-3-4-5-15-28(22-12-6-9-19(16-22)25(29,30)31,23-13-7-10-20(17-23)26(32,33)34)24-14-8-11-21(18-24)27(35,36)37;1-2-18(17-13-7-4-8-14-17)15-9-12-16-10-5-3-6-11-16/h6-14,16-18H,2-5,15H2,1H3;3-15H,2H2,1H3/q-1;+1. The fourth-order valence-corrected chi connectivity index (χ4v) is 6.83. The van der Waals surface area contributed by atoms with Crippen LogP contribution in [0, 0.1) is 0 Å². The van der Waals surface area contributed by atoms with Gasteiger partial charge in [-0.3, -0.25) is 0 Å². The van der Waals surface area contributed by atoms with Gasteiger partial charge in [-0.2, -0.15) is 66.8 Å². The second-order valence-electron chi connectivity index (χ2n) is 13.3. The van der Waals surface area contributed by atoms with E-state index in [1.54, 1.807) is 0 Å². The first-order valence-corrected chi connectivity index (χ1v) is 18.2. The van der Waals surface area contributed by atoms with Crippen LogP contribution in [0.3, 0.4) is 0 Å². The van der Waals surface area contributed by atoms with E-state index in [1.165, 1.54) is 29.4 Å². The van der Waals surface area contributed by atoms with Crippen molar-refractivity contribution in [1.29, 1.82) is 0 Å². The van der Waals surface area contributed by atoms with E-state index in [2.05, 4.69) is 78.4 Å². The molecule has 0 aliphatic heterocycles. The van der Waals surface area contributed by atoms with Crippen LogP contribution in [0.5, 0.6) is 0 Å². The highest BCUT2D eigenvalue weighted by Crippen LogP contribution is 2.33. The zero-order valence-electron chi connectivity index (χ0n) is 30.6. The van der Waals surface area contributed by atoms with Gasteiger partial charge >= 0.3 is 18.5 Å². The van der Waals surface area contributed by atoms with Crippen molar-refractivity contribution in [3.8, 4) is 0 Å². The van der Waals surface area contributed by atoms with Gasteiger partial charge in [-0.15, -0.1) is 0 Å². The van der Waals surface area contributed by atoms with Gasteiger partial charge in [0.25, 0.3) is 0 Å². The Morgan fingerprint density at radius 2 is 0.945 bits per heavy atom. The summed E-state index contributed by atoms with van der Waals surface area (Å²) in [6.07, 6.45) is -7.90. The molecule has 55 heavy (non-hydrogen) atoms. The number of benzene rings is 5. The molecule has 0 aliphatic carbocycles. The van der Waals surface area contributed by atoms with Gasteiger partial charge in [-0.25, -0.2) is 0 Å². The SMILES string of the molecule is CCCCCC[B-](c1cccc(C(F)(F)F)c1)(c1cccc(C(F)(F)F)c1)c1cccc(C(F)(F)F)c1.CC[N+](=CC=Cc1ccccc1)c1ccccc1. The lowest BCUT2D eigenvalue weighted by molar-refractivity contribution is -0.430. The zero-order valence-corrected chi connectivity index (χ0v) is 30.6. The lowest BCUT2D eigenvalue weighted by Crippen LogP contribution is -2.67. The van der Waals surface area contributed by atoms with Crippen LogP contribution in [-0.2, 0) is 18.5 Å². The van der Waals surface area contributed by atoms with Gasteiger partial charge in [-0.1, -0.05) is 154 Å². The fourth-order valence-electron chi connectivity index (χ4n) is 6.83. The van der Waals surface area contributed by atoms with Crippen LogP contribution in [0.4, 0.5) is 45.2 Å². The third-order valence-electron chi connectivity index (χ3n) is 9.62. The minimum atomic E-state index is -4.75. The second kappa shape index (κ2) is 19.0. The summed E-state index contributed by atoms with van der Waals surface area (Å²) in [5, 5.41) is 0. The van der Waals surface area contributed by atoms with Crippen molar-refractivity contribution in [2.75, 3.05) is 6.54 Å². The molecule has 0 saturated carbocycles. The third kappa shape index (κ3) is 11.7. The van der Waals surface area contributed by atoms with Crippen LogP contribution in [0.25, 0.3) is 6.08 Å². The van der Waals surface area contributed by atoms with Gasteiger partial charge < -0.3 is 0 Å². The number of unbranched alkanes of at least 4 members (excludes halogenated alkanes) is 3. The first-order chi connectivity index (χ1) is 26.1. The van der Waals surface area contributed by atoms with Gasteiger partial charge in [0.05, 0.1) is 22.8 Å². The number of hydrogen-bond acceptors (Lipinski definition) is 0. The van der Waals surface area contributed by atoms with E-state index >= 15 is 0 Å². The quantitative estimate of drug-likeness (QED) is 0.0391. The molecular weight excluding hydrogens is 724 g/mol. The molecule has 0 atom stereocenters. The normalized spacial score (nSPS) is 12.7. The first-order valence-electron chi connectivity index (χ1n) is 18.2. The van der Waals surface area contributed by atoms with E-state index in [9.17, 15) is 39.5 Å². The van der Waals surface area contributed by atoms with Crippen LogP contribution >= 0.6 is 0 Å². The van der Waals surface area contributed by atoms with Crippen LogP contribution in [-0.4, -0.2) is 23.5 Å². The predicted molar refractivity (Wildman–Crippen MR) is 206 cm³/mol. The van der Waals surface area contributed by atoms with Crippen molar-refractivity contribution in [1.82, 2.24) is 0 Å². The molecule has 0 spiro atoms. The van der Waals surface area contributed by atoms with Gasteiger partial charge in [-0.05, 0) is 18.6 Å². The number of halogens is 9. The Hall–Kier alpha value is -5.06. The largest absolute Gasteiger partial charge is 0.416 e. The van der Waals surface area contributed by atoms with Crippen molar-refractivity contribution < 1.29 is 44.1 Å². The summed E-state index contributed by atoms with van der Waals surface area (Å²) in [5.74, 6) is 0. The summed E-state index contributed by atoms with van der Waals surface area (Å²) in [5.41, 5.74) is -0.535. The molecule has 0 aromatic heterocycles. The van der Waals surface area contributed by atoms with E-state index in [0.717, 1.165) is 74.0 Å². The average molecular weight is 768 g/mol. The Kier molecular flexibility index (Phi) is 14.7. The van der Waals surface area contributed by atoms with Gasteiger partial charge in [0, 0.05) is 18.2 Å². The topological polar surface area (TPSA) is 3.01 Å².